The van der Waals surface area contributed by atoms with Gasteiger partial charge in [0.2, 0.25) is 0 Å². The molecule has 0 amide bonds. The van der Waals surface area contributed by atoms with Crippen molar-refractivity contribution in [1.82, 2.24) is 14.9 Å². The molecule has 1 heterocycles. The number of nitrogens with one attached hydrogen (secondary N) is 1. The molecular weight excluding hydrogens is 190 g/mol. The number of nitrogens with zero attached hydrogens (tertiary/aromatic N) is 2. The summed E-state index contributed by atoms with van der Waals surface area (Å²) in [4.78, 5) is 15.6. The van der Waals surface area contributed by atoms with Crippen LogP contribution in [0.3, 0.4) is 0 Å². The zero-order chi connectivity index (χ0) is 11.4. The van der Waals surface area contributed by atoms with E-state index >= 15 is 0 Å². The van der Waals surface area contributed by atoms with Crippen molar-refractivity contribution in [3.8, 4) is 0 Å². The summed E-state index contributed by atoms with van der Waals surface area (Å²) in [6.45, 7) is 6.57. The van der Waals surface area contributed by atoms with E-state index in [2.05, 4.69) is 17.2 Å². The third kappa shape index (κ3) is 2.89. The molecular formula is C11H19N3O. The Labute approximate surface area is 90.3 Å². The summed E-state index contributed by atoms with van der Waals surface area (Å²) in [5.41, 5.74) is 1.61. The first-order valence-corrected chi connectivity index (χ1v) is 5.30. The number of hydrogen-bond donors (Lipinski definition) is 1. The SMILES string of the molecule is CCC(Cn1c(C)cc(C)nc1=O)NC. The molecule has 1 unspecified atom stereocenters. The summed E-state index contributed by atoms with van der Waals surface area (Å²) < 4.78 is 1.72. The third-order valence-electron chi connectivity index (χ3n) is 2.65. The van der Waals surface area contributed by atoms with Gasteiger partial charge < -0.3 is 5.32 Å². The number of hydrogen-bond acceptors (Lipinski definition) is 3. The highest BCUT2D eigenvalue weighted by molar-refractivity contribution is 5.06. The molecule has 4 nitrogen and oxygen atoms in total. The van der Waals surface area contributed by atoms with Gasteiger partial charge in [-0.1, -0.05) is 6.92 Å². The highest BCUT2D eigenvalue weighted by atomic mass is 16.1. The topological polar surface area (TPSA) is 46.9 Å². The Bertz CT molecular complexity index is 380. The summed E-state index contributed by atoms with van der Waals surface area (Å²) in [5.74, 6) is 0. The monoisotopic (exact) mass is 209 g/mol. The van der Waals surface area contributed by atoms with Crippen LogP contribution in [0.5, 0.6) is 0 Å². The number of aromatic nitrogens is 2. The first kappa shape index (κ1) is 11.9. The van der Waals surface area contributed by atoms with Crippen LogP contribution in [-0.2, 0) is 6.54 Å². The normalized spacial score (nSPS) is 12.8. The standard InChI is InChI=1S/C11H19N3O/c1-5-10(12-4)7-14-9(3)6-8(2)13-11(14)15/h6,10,12H,5,7H2,1-4H3. The van der Waals surface area contributed by atoms with Gasteiger partial charge in [-0.3, -0.25) is 4.57 Å². The lowest BCUT2D eigenvalue weighted by molar-refractivity contribution is 0.450. The molecule has 0 aromatic carbocycles. The van der Waals surface area contributed by atoms with E-state index in [0.717, 1.165) is 17.8 Å². The molecule has 0 aliphatic heterocycles. The number of aryl methyl sites for hydroxylation is 2. The number of rotatable bonds is 4. The summed E-state index contributed by atoms with van der Waals surface area (Å²) in [6.07, 6.45) is 0.996. The van der Waals surface area contributed by atoms with Gasteiger partial charge in [-0.25, -0.2) is 4.79 Å². The summed E-state index contributed by atoms with van der Waals surface area (Å²) in [5, 5.41) is 3.18. The fourth-order valence-corrected chi connectivity index (χ4v) is 1.64. The molecule has 1 aromatic rings. The molecule has 1 atom stereocenters. The van der Waals surface area contributed by atoms with Crippen LogP contribution in [0.25, 0.3) is 0 Å². The minimum Gasteiger partial charge on any atom is -0.315 e. The highest BCUT2D eigenvalue weighted by Crippen LogP contribution is 2.00. The second kappa shape index (κ2) is 5.07. The lowest BCUT2D eigenvalue weighted by Gasteiger charge is -2.17. The minimum atomic E-state index is -0.152. The zero-order valence-corrected chi connectivity index (χ0v) is 9.87. The van der Waals surface area contributed by atoms with Crippen LogP contribution in [-0.4, -0.2) is 22.6 Å². The minimum absolute atomic E-state index is 0.152. The molecule has 1 rings (SSSR count). The molecule has 0 saturated heterocycles. The predicted molar refractivity (Wildman–Crippen MR) is 61.1 cm³/mol. The van der Waals surface area contributed by atoms with E-state index in [1.165, 1.54) is 0 Å². The quantitative estimate of drug-likeness (QED) is 0.800. The van der Waals surface area contributed by atoms with Gasteiger partial charge in [0.05, 0.1) is 0 Å². The average molecular weight is 209 g/mol. The van der Waals surface area contributed by atoms with Crippen LogP contribution < -0.4 is 11.0 Å². The Kier molecular flexibility index (Phi) is 4.03. The maximum absolute atomic E-state index is 11.7. The van der Waals surface area contributed by atoms with Crippen LogP contribution in [0, 0.1) is 13.8 Å². The van der Waals surface area contributed by atoms with Crippen LogP contribution in [0.1, 0.15) is 24.7 Å². The smallest absolute Gasteiger partial charge is 0.315 e. The van der Waals surface area contributed by atoms with E-state index in [0.29, 0.717) is 12.6 Å². The van der Waals surface area contributed by atoms with Crippen LogP contribution in [0.2, 0.25) is 0 Å². The van der Waals surface area contributed by atoms with Gasteiger partial charge in [0.25, 0.3) is 0 Å². The van der Waals surface area contributed by atoms with Crippen molar-refractivity contribution < 1.29 is 0 Å². The Hall–Kier alpha value is -1.16. The number of likely N-dealkylation sites (N-methyl/N-ethyl adjacent to an activating group) is 1. The Balaban J connectivity index is 2.99. The van der Waals surface area contributed by atoms with E-state index < -0.39 is 0 Å². The van der Waals surface area contributed by atoms with Gasteiger partial charge in [-0.05, 0) is 33.4 Å². The summed E-state index contributed by atoms with van der Waals surface area (Å²) in [7, 11) is 1.91. The molecule has 0 aliphatic rings. The van der Waals surface area contributed by atoms with Gasteiger partial charge in [-0.2, -0.15) is 4.98 Å². The van der Waals surface area contributed by atoms with Crippen LogP contribution in [0.15, 0.2) is 10.9 Å². The molecule has 84 valence electrons. The molecule has 0 bridgehead atoms. The molecule has 0 saturated carbocycles. The van der Waals surface area contributed by atoms with E-state index in [4.69, 9.17) is 0 Å². The summed E-state index contributed by atoms with van der Waals surface area (Å²) >= 11 is 0. The molecule has 0 radical (unpaired) electrons. The van der Waals surface area contributed by atoms with Gasteiger partial charge in [-0.15, -0.1) is 0 Å². The van der Waals surface area contributed by atoms with Crippen molar-refractivity contribution in [2.45, 2.75) is 39.8 Å². The lowest BCUT2D eigenvalue weighted by Crippen LogP contribution is -2.36. The van der Waals surface area contributed by atoms with Crippen molar-refractivity contribution >= 4 is 0 Å². The fraction of sp³-hybridized carbons (Fsp3) is 0.636. The molecule has 1 N–H and O–H groups in total. The van der Waals surface area contributed by atoms with Crippen molar-refractivity contribution in [2.75, 3.05) is 7.05 Å². The van der Waals surface area contributed by atoms with Crippen molar-refractivity contribution in [1.29, 1.82) is 0 Å². The summed E-state index contributed by atoms with van der Waals surface area (Å²) in [6, 6.07) is 2.26. The molecule has 0 aliphatic carbocycles. The molecule has 15 heavy (non-hydrogen) atoms. The Morgan fingerprint density at radius 1 is 1.53 bits per heavy atom. The van der Waals surface area contributed by atoms with Crippen molar-refractivity contribution in [3.63, 3.8) is 0 Å². The maximum Gasteiger partial charge on any atom is 0.348 e. The van der Waals surface area contributed by atoms with Gasteiger partial charge in [0, 0.05) is 24.0 Å². The van der Waals surface area contributed by atoms with Crippen molar-refractivity contribution in [2.24, 2.45) is 0 Å². The largest absolute Gasteiger partial charge is 0.348 e. The van der Waals surface area contributed by atoms with Crippen LogP contribution >= 0.6 is 0 Å². The molecule has 0 fully saturated rings. The Morgan fingerprint density at radius 3 is 2.67 bits per heavy atom. The molecule has 1 aromatic heterocycles. The van der Waals surface area contributed by atoms with E-state index in [1.54, 1.807) is 4.57 Å². The fourth-order valence-electron chi connectivity index (χ4n) is 1.64. The van der Waals surface area contributed by atoms with Gasteiger partial charge in [0.15, 0.2) is 0 Å². The lowest BCUT2D eigenvalue weighted by atomic mass is 10.2. The zero-order valence-electron chi connectivity index (χ0n) is 9.87. The van der Waals surface area contributed by atoms with E-state index in [-0.39, 0.29) is 5.69 Å². The maximum atomic E-state index is 11.7. The Morgan fingerprint density at radius 2 is 2.20 bits per heavy atom. The van der Waals surface area contributed by atoms with Crippen molar-refractivity contribution in [3.05, 3.63) is 27.9 Å². The van der Waals surface area contributed by atoms with E-state index in [1.807, 2.05) is 27.0 Å². The highest BCUT2D eigenvalue weighted by Gasteiger charge is 2.08. The molecule has 4 heteroatoms. The second-order valence-corrected chi connectivity index (χ2v) is 3.83. The van der Waals surface area contributed by atoms with Crippen LogP contribution in [0.4, 0.5) is 0 Å². The van der Waals surface area contributed by atoms with Gasteiger partial charge in [0.1, 0.15) is 0 Å². The molecule has 0 spiro atoms. The predicted octanol–water partition coefficient (Wildman–Crippen LogP) is 0.858. The second-order valence-electron chi connectivity index (χ2n) is 3.83. The first-order chi connectivity index (χ1) is 7.08. The average Bonchev–Trinajstić information content (AvgIpc) is 2.17. The van der Waals surface area contributed by atoms with E-state index in [9.17, 15) is 4.79 Å². The first-order valence-electron chi connectivity index (χ1n) is 5.30. The van der Waals surface area contributed by atoms with Gasteiger partial charge >= 0.3 is 5.69 Å². The third-order valence-corrected chi connectivity index (χ3v) is 2.65.